The number of nitrogens with zero attached hydrogens (tertiary/aromatic N) is 2. The molecule has 106 valence electrons. The second-order valence-corrected chi connectivity index (χ2v) is 4.50. The average molecular weight is 276 g/mol. The van der Waals surface area contributed by atoms with Crippen molar-refractivity contribution in [3.63, 3.8) is 0 Å². The van der Waals surface area contributed by atoms with Crippen molar-refractivity contribution in [1.29, 1.82) is 0 Å². The van der Waals surface area contributed by atoms with E-state index in [1.165, 1.54) is 12.1 Å². The van der Waals surface area contributed by atoms with E-state index in [0.29, 0.717) is 17.9 Å². The number of nitro benzene ring substituents is 1. The number of anilines is 2. The first-order valence-electron chi connectivity index (χ1n) is 6.01. The van der Waals surface area contributed by atoms with Crippen LogP contribution in [0.4, 0.5) is 17.1 Å². The molecule has 2 aromatic rings. The molecule has 20 heavy (non-hydrogen) atoms. The zero-order valence-electron chi connectivity index (χ0n) is 11.3. The summed E-state index contributed by atoms with van der Waals surface area (Å²) in [5.41, 5.74) is 4.65. The third kappa shape index (κ3) is 2.89. The second-order valence-electron chi connectivity index (χ2n) is 4.50. The molecule has 0 saturated heterocycles. The Bertz CT molecular complexity index is 624. The number of hydrogen-bond donors (Lipinski definition) is 2. The first kappa shape index (κ1) is 13.9. The molecule has 0 atom stereocenters. The van der Waals surface area contributed by atoms with Gasteiger partial charge in [0.1, 0.15) is 5.76 Å². The van der Waals surface area contributed by atoms with E-state index in [-0.39, 0.29) is 5.69 Å². The van der Waals surface area contributed by atoms with E-state index in [1.54, 1.807) is 12.3 Å². The number of furan rings is 1. The molecule has 0 radical (unpaired) electrons. The summed E-state index contributed by atoms with van der Waals surface area (Å²) < 4.78 is 5.24. The van der Waals surface area contributed by atoms with E-state index in [9.17, 15) is 10.1 Å². The van der Waals surface area contributed by atoms with Gasteiger partial charge in [-0.2, -0.15) is 0 Å². The summed E-state index contributed by atoms with van der Waals surface area (Å²) in [5.74, 6) is 6.17. The number of nitro groups is 1. The lowest BCUT2D eigenvalue weighted by molar-refractivity contribution is -0.384. The van der Waals surface area contributed by atoms with E-state index in [1.807, 2.05) is 24.9 Å². The summed E-state index contributed by atoms with van der Waals surface area (Å²) in [7, 11) is 1.85. The Kier molecular flexibility index (Phi) is 3.90. The molecular formula is C13H16N4O3. The number of nitrogens with one attached hydrogen (secondary N) is 1. The van der Waals surface area contributed by atoms with Gasteiger partial charge in [0.2, 0.25) is 0 Å². The Morgan fingerprint density at radius 3 is 2.75 bits per heavy atom. The van der Waals surface area contributed by atoms with Crippen LogP contribution in [0.3, 0.4) is 0 Å². The third-order valence-corrected chi connectivity index (χ3v) is 3.09. The van der Waals surface area contributed by atoms with E-state index in [4.69, 9.17) is 10.3 Å². The van der Waals surface area contributed by atoms with Gasteiger partial charge < -0.3 is 14.7 Å². The quantitative estimate of drug-likeness (QED) is 0.494. The lowest BCUT2D eigenvalue weighted by atomic mass is 10.2. The summed E-state index contributed by atoms with van der Waals surface area (Å²) >= 11 is 0. The molecule has 3 N–H and O–H groups in total. The minimum Gasteiger partial charge on any atom is -0.469 e. The van der Waals surface area contributed by atoms with Gasteiger partial charge >= 0.3 is 0 Å². The first-order valence-corrected chi connectivity index (χ1v) is 6.01. The van der Waals surface area contributed by atoms with Crippen molar-refractivity contribution in [3.05, 3.63) is 52.0 Å². The maximum Gasteiger partial charge on any atom is 0.273 e. The predicted octanol–water partition coefficient (Wildman–Crippen LogP) is 2.42. The lowest BCUT2D eigenvalue weighted by Gasteiger charge is -2.19. The minimum absolute atomic E-state index is 0.00813. The number of rotatable bonds is 5. The van der Waals surface area contributed by atoms with Crippen LogP contribution in [0, 0.1) is 17.0 Å². The lowest BCUT2D eigenvalue weighted by Crippen LogP contribution is -2.17. The molecule has 7 nitrogen and oxygen atoms in total. The summed E-state index contributed by atoms with van der Waals surface area (Å²) in [6, 6.07) is 6.53. The molecule has 2 rings (SSSR count). The highest BCUT2D eigenvalue weighted by Gasteiger charge is 2.13. The standard InChI is InChI=1S/C13H16N4O3/c1-9-10(3-4-20-9)8-16(2)12-5-11(15-14)6-13(7-12)17(18)19/h3-7,15H,8,14H2,1-2H3. The van der Waals surface area contributed by atoms with Crippen molar-refractivity contribution in [3.8, 4) is 0 Å². The molecule has 7 heteroatoms. The number of benzene rings is 1. The Hall–Kier alpha value is -2.54. The van der Waals surface area contributed by atoms with Crippen LogP contribution in [0.15, 0.2) is 34.9 Å². The van der Waals surface area contributed by atoms with Gasteiger partial charge in [0, 0.05) is 37.0 Å². The van der Waals surface area contributed by atoms with Gasteiger partial charge in [-0.3, -0.25) is 16.0 Å². The molecule has 0 aliphatic rings. The molecule has 0 bridgehead atoms. The zero-order valence-corrected chi connectivity index (χ0v) is 11.3. The van der Waals surface area contributed by atoms with Crippen LogP contribution in [-0.4, -0.2) is 12.0 Å². The zero-order chi connectivity index (χ0) is 14.7. The van der Waals surface area contributed by atoms with Crippen molar-refractivity contribution in [1.82, 2.24) is 0 Å². The smallest absolute Gasteiger partial charge is 0.273 e. The Balaban J connectivity index is 2.29. The van der Waals surface area contributed by atoms with E-state index >= 15 is 0 Å². The SMILES string of the molecule is Cc1occc1CN(C)c1cc(NN)cc([N+](=O)[O-])c1. The van der Waals surface area contributed by atoms with Gasteiger partial charge in [-0.15, -0.1) is 0 Å². The summed E-state index contributed by atoms with van der Waals surface area (Å²) in [5, 5.41) is 10.9. The Labute approximate surface area is 116 Å². The van der Waals surface area contributed by atoms with Gasteiger partial charge in [-0.1, -0.05) is 0 Å². The number of non-ortho nitro benzene ring substituents is 1. The van der Waals surface area contributed by atoms with Crippen molar-refractivity contribution in [2.45, 2.75) is 13.5 Å². The fraction of sp³-hybridized carbons (Fsp3) is 0.231. The highest BCUT2D eigenvalue weighted by atomic mass is 16.6. The van der Waals surface area contributed by atoms with Gasteiger partial charge in [0.15, 0.2) is 0 Å². The van der Waals surface area contributed by atoms with Crippen molar-refractivity contribution in [2.75, 3.05) is 17.4 Å². The highest BCUT2D eigenvalue weighted by molar-refractivity contribution is 5.64. The number of hydrazine groups is 1. The Morgan fingerprint density at radius 1 is 1.45 bits per heavy atom. The minimum atomic E-state index is -0.443. The van der Waals surface area contributed by atoms with Crippen LogP contribution in [0.5, 0.6) is 0 Å². The predicted molar refractivity (Wildman–Crippen MR) is 76.5 cm³/mol. The molecule has 1 aromatic heterocycles. The largest absolute Gasteiger partial charge is 0.469 e. The molecule has 0 saturated carbocycles. The highest BCUT2D eigenvalue weighted by Crippen LogP contribution is 2.27. The second kappa shape index (κ2) is 5.62. The van der Waals surface area contributed by atoms with Crippen molar-refractivity contribution >= 4 is 17.1 Å². The average Bonchev–Trinajstić information content (AvgIpc) is 2.83. The van der Waals surface area contributed by atoms with E-state index in [0.717, 1.165) is 11.3 Å². The van der Waals surface area contributed by atoms with Crippen LogP contribution in [0.25, 0.3) is 0 Å². The molecule has 0 spiro atoms. The summed E-state index contributed by atoms with van der Waals surface area (Å²) in [6.07, 6.45) is 1.62. The Morgan fingerprint density at radius 2 is 2.20 bits per heavy atom. The molecule has 1 aromatic carbocycles. The van der Waals surface area contributed by atoms with Crippen molar-refractivity contribution < 1.29 is 9.34 Å². The molecule has 0 amide bonds. The van der Waals surface area contributed by atoms with Crippen LogP contribution in [0.2, 0.25) is 0 Å². The van der Waals surface area contributed by atoms with E-state index in [2.05, 4.69) is 5.43 Å². The summed E-state index contributed by atoms with van der Waals surface area (Å²) in [6.45, 7) is 2.47. The van der Waals surface area contributed by atoms with Crippen molar-refractivity contribution in [2.24, 2.45) is 5.84 Å². The maximum atomic E-state index is 10.9. The van der Waals surface area contributed by atoms with Crippen LogP contribution >= 0.6 is 0 Å². The number of hydrogen-bond acceptors (Lipinski definition) is 6. The third-order valence-electron chi connectivity index (χ3n) is 3.09. The fourth-order valence-corrected chi connectivity index (χ4v) is 1.93. The first-order chi connectivity index (χ1) is 9.51. The van der Waals surface area contributed by atoms with Gasteiger partial charge in [-0.25, -0.2) is 0 Å². The number of nitrogens with two attached hydrogens (primary N) is 1. The molecule has 0 unspecified atom stereocenters. The van der Waals surface area contributed by atoms with Gasteiger partial charge in [0.05, 0.1) is 16.9 Å². The van der Waals surface area contributed by atoms with Gasteiger partial charge in [-0.05, 0) is 19.1 Å². The van der Waals surface area contributed by atoms with Crippen LogP contribution in [-0.2, 0) is 6.54 Å². The molecule has 1 heterocycles. The normalized spacial score (nSPS) is 10.3. The van der Waals surface area contributed by atoms with Gasteiger partial charge in [0.25, 0.3) is 5.69 Å². The van der Waals surface area contributed by atoms with Crippen LogP contribution in [0.1, 0.15) is 11.3 Å². The monoisotopic (exact) mass is 276 g/mol. The molecule has 0 aliphatic carbocycles. The van der Waals surface area contributed by atoms with Crippen LogP contribution < -0.4 is 16.2 Å². The number of aryl methyl sites for hydroxylation is 1. The molecule has 0 fully saturated rings. The fourth-order valence-electron chi connectivity index (χ4n) is 1.93. The topological polar surface area (TPSA) is 97.6 Å². The maximum absolute atomic E-state index is 10.9. The van der Waals surface area contributed by atoms with E-state index < -0.39 is 4.92 Å². The molecule has 0 aliphatic heterocycles. The summed E-state index contributed by atoms with van der Waals surface area (Å²) in [4.78, 5) is 12.4. The molecular weight excluding hydrogens is 260 g/mol. The number of nitrogen functional groups attached to an aromatic ring is 1.